The molecule has 0 radical (unpaired) electrons. The third-order valence-electron chi connectivity index (χ3n) is 2.41. The van der Waals surface area contributed by atoms with Crippen LogP contribution in [0.4, 0.5) is 5.13 Å². The molecule has 8 nitrogen and oxygen atoms in total. The summed E-state index contributed by atoms with van der Waals surface area (Å²) >= 11 is 1.20. The summed E-state index contributed by atoms with van der Waals surface area (Å²) in [6.45, 7) is 0. The number of carboxylic acids is 1. The third-order valence-corrected chi connectivity index (χ3v) is 3.13. The Balaban J connectivity index is 2.50. The molecule has 0 saturated heterocycles. The largest absolute Gasteiger partial charge is 0.480 e. The van der Waals surface area contributed by atoms with Gasteiger partial charge in [0.1, 0.15) is 6.04 Å². The van der Waals surface area contributed by atoms with Gasteiger partial charge in [0.15, 0.2) is 5.13 Å². The monoisotopic (exact) mass is 301 g/mol. The molecule has 1 atom stereocenters. The summed E-state index contributed by atoms with van der Waals surface area (Å²) in [5, 5.41) is 13.3. The number of rotatable bonds is 7. The van der Waals surface area contributed by atoms with Gasteiger partial charge in [-0.25, -0.2) is 9.78 Å². The van der Waals surface area contributed by atoms with Crippen LogP contribution < -0.4 is 11.1 Å². The summed E-state index contributed by atoms with van der Waals surface area (Å²) in [5.41, 5.74) is 5.90. The Bertz CT molecular complexity index is 502. The number of amides is 1. The lowest BCUT2D eigenvalue weighted by Crippen LogP contribution is -2.41. The molecular weight excluding hydrogens is 286 g/mol. The van der Waals surface area contributed by atoms with Gasteiger partial charge in [-0.15, -0.1) is 11.3 Å². The highest BCUT2D eigenvalue weighted by molar-refractivity contribution is 7.13. The number of aromatic nitrogens is 1. The number of nitrogens with zero attached hydrogens (tertiary/aromatic N) is 1. The number of nitrogens with one attached hydrogen (secondary N) is 1. The molecule has 1 aromatic rings. The second kappa shape index (κ2) is 7.43. The van der Waals surface area contributed by atoms with Gasteiger partial charge in [0.05, 0.1) is 19.2 Å². The molecule has 0 bridgehead atoms. The number of anilines is 1. The van der Waals surface area contributed by atoms with E-state index in [4.69, 9.17) is 10.8 Å². The number of nitrogen functional groups attached to an aromatic ring is 1. The number of methoxy groups -OCH3 is 1. The van der Waals surface area contributed by atoms with E-state index in [2.05, 4.69) is 15.0 Å². The normalized spacial score (nSPS) is 11.7. The van der Waals surface area contributed by atoms with Crippen LogP contribution in [0.25, 0.3) is 0 Å². The first-order valence-corrected chi connectivity index (χ1v) is 6.59. The van der Waals surface area contributed by atoms with Gasteiger partial charge in [0.2, 0.25) is 5.91 Å². The van der Waals surface area contributed by atoms with Crippen LogP contribution in [0.2, 0.25) is 0 Å². The predicted molar refractivity (Wildman–Crippen MR) is 71.0 cm³/mol. The van der Waals surface area contributed by atoms with Crippen molar-refractivity contribution in [1.29, 1.82) is 0 Å². The van der Waals surface area contributed by atoms with Gasteiger partial charge in [-0.05, 0) is 6.42 Å². The van der Waals surface area contributed by atoms with Gasteiger partial charge in [0, 0.05) is 11.8 Å². The molecule has 0 aliphatic carbocycles. The first-order chi connectivity index (χ1) is 9.42. The zero-order valence-corrected chi connectivity index (χ0v) is 11.6. The molecule has 0 saturated carbocycles. The minimum Gasteiger partial charge on any atom is -0.480 e. The fourth-order valence-electron chi connectivity index (χ4n) is 1.44. The summed E-state index contributed by atoms with van der Waals surface area (Å²) in [5.74, 6) is -2.23. The molecule has 0 aliphatic heterocycles. The Hall–Kier alpha value is -2.16. The van der Waals surface area contributed by atoms with Crippen molar-refractivity contribution in [2.24, 2.45) is 0 Å². The fourth-order valence-corrected chi connectivity index (χ4v) is 2.00. The van der Waals surface area contributed by atoms with Crippen LogP contribution in [-0.2, 0) is 25.5 Å². The minimum atomic E-state index is -1.21. The number of ether oxygens (including phenoxy) is 1. The van der Waals surface area contributed by atoms with E-state index < -0.39 is 23.9 Å². The zero-order chi connectivity index (χ0) is 15.1. The molecule has 1 heterocycles. The van der Waals surface area contributed by atoms with E-state index in [0.29, 0.717) is 10.8 Å². The van der Waals surface area contributed by atoms with Crippen molar-refractivity contribution in [3.8, 4) is 0 Å². The lowest BCUT2D eigenvalue weighted by molar-refractivity contribution is -0.144. The highest BCUT2D eigenvalue weighted by atomic mass is 32.1. The molecule has 0 aromatic carbocycles. The summed E-state index contributed by atoms with van der Waals surface area (Å²) in [4.78, 5) is 37.5. The molecule has 0 spiro atoms. The molecule has 0 aliphatic rings. The predicted octanol–water partition coefficient (Wildman–Crippen LogP) is -0.210. The van der Waals surface area contributed by atoms with Crippen molar-refractivity contribution in [3.63, 3.8) is 0 Å². The van der Waals surface area contributed by atoms with Crippen LogP contribution in [-0.4, -0.2) is 41.1 Å². The summed E-state index contributed by atoms with van der Waals surface area (Å²) < 4.78 is 4.42. The summed E-state index contributed by atoms with van der Waals surface area (Å²) in [6, 6.07) is -1.14. The number of thiazole rings is 1. The van der Waals surface area contributed by atoms with Gasteiger partial charge in [-0.2, -0.15) is 0 Å². The standard InChI is InChI=1S/C11H15N3O5S/c1-19-9(16)3-2-7(10(17)18)14-8(15)4-6-5-20-11(12)13-6/h5,7H,2-4H2,1H3,(H2,12,13)(H,14,15)(H,17,18)/t7-/m1/s1. The lowest BCUT2D eigenvalue weighted by Gasteiger charge is -2.13. The number of carboxylic acid groups (broad SMARTS) is 1. The first kappa shape index (κ1) is 15.9. The van der Waals surface area contributed by atoms with E-state index in [0.717, 1.165) is 0 Å². The lowest BCUT2D eigenvalue weighted by atomic mass is 10.1. The molecule has 9 heteroatoms. The SMILES string of the molecule is COC(=O)CC[C@@H](NC(=O)Cc1csc(N)n1)C(=O)O. The fraction of sp³-hybridized carbons (Fsp3) is 0.455. The molecule has 20 heavy (non-hydrogen) atoms. The van der Waals surface area contributed by atoms with E-state index in [1.807, 2.05) is 0 Å². The number of nitrogens with two attached hydrogens (primary N) is 1. The smallest absolute Gasteiger partial charge is 0.326 e. The Morgan fingerprint density at radius 1 is 1.55 bits per heavy atom. The number of carbonyl (C=O) groups is 3. The Morgan fingerprint density at radius 3 is 2.75 bits per heavy atom. The van der Waals surface area contributed by atoms with E-state index in [1.54, 1.807) is 5.38 Å². The molecule has 1 rings (SSSR count). The van der Waals surface area contributed by atoms with Crippen LogP contribution in [0.1, 0.15) is 18.5 Å². The number of carbonyl (C=O) groups excluding carboxylic acids is 2. The van der Waals surface area contributed by atoms with Crippen LogP contribution in [0.15, 0.2) is 5.38 Å². The molecule has 4 N–H and O–H groups in total. The average Bonchev–Trinajstić information content (AvgIpc) is 2.78. The van der Waals surface area contributed by atoms with Crippen molar-refractivity contribution in [2.75, 3.05) is 12.8 Å². The maximum Gasteiger partial charge on any atom is 0.326 e. The number of hydrogen-bond acceptors (Lipinski definition) is 7. The summed E-state index contributed by atoms with van der Waals surface area (Å²) in [6.07, 6.45) is -0.181. The van der Waals surface area contributed by atoms with Crippen molar-refractivity contribution in [1.82, 2.24) is 10.3 Å². The van der Waals surface area contributed by atoms with Crippen molar-refractivity contribution in [2.45, 2.75) is 25.3 Å². The van der Waals surface area contributed by atoms with Crippen molar-refractivity contribution in [3.05, 3.63) is 11.1 Å². The van der Waals surface area contributed by atoms with E-state index >= 15 is 0 Å². The maximum absolute atomic E-state index is 11.7. The van der Waals surface area contributed by atoms with Crippen molar-refractivity contribution >= 4 is 34.3 Å². The quantitative estimate of drug-likeness (QED) is 0.594. The molecule has 0 fully saturated rings. The molecular formula is C11H15N3O5S. The topological polar surface area (TPSA) is 132 Å². The van der Waals surface area contributed by atoms with Gasteiger partial charge < -0.3 is 20.9 Å². The van der Waals surface area contributed by atoms with Gasteiger partial charge >= 0.3 is 11.9 Å². The van der Waals surface area contributed by atoms with Crippen LogP contribution in [0.3, 0.4) is 0 Å². The highest BCUT2D eigenvalue weighted by Gasteiger charge is 2.21. The molecule has 1 aromatic heterocycles. The van der Waals surface area contributed by atoms with Gasteiger partial charge in [-0.3, -0.25) is 9.59 Å². The van der Waals surface area contributed by atoms with Crippen LogP contribution in [0.5, 0.6) is 0 Å². The Morgan fingerprint density at radius 2 is 2.25 bits per heavy atom. The minimum absolute atomic E-state index is 0.0348. The zero-order valence-electron chi connectivity index (χ0n) is 10.8. The van der Waals surface area contributed by atoms with Gasteiger partial charge in [-0.1, -0.05) is 0 Å². The molecule has 0 unspecified atom stereocenters. The second-order valence-corrected chi connectivity index (χ2v) is 4.82. The van der Waals surface area contributed by atoms with Crippen LogP contribution in [0, 0.1) is 0 Å². The molecule has 110 valence electrons. The first-order valence-electron chi connectivity index (χ1n) is 5.71. The van der Waals surface area contributed by atoms with Crippen molar-refractivity contribution < 1.29 is 24.2 Å². The van der Waals surface area contributed by atoms with Crippen LogP contribution >= 0.6 is 11.3 Å². The highest BCUT2D eigenvalue weighted by Crippen LogP contribution is 2.11. The maximum atomic E-state index is 11.7. The number of aliphatic carboxylic acids is 1. The van der Waals surface area contributed by atoms with E-state index in [9.17, 15) is 14.4 Å². The van der Waals surface area contributed by atoms with E-state index in [1.165, 1.54) is 18.4 Å². The summed E-state index contributed by atoms with van der Waals surface area (Å²) in [7, 11) is 1.21. The Labute approximate surface area is 118 Å². The average molecular weight is 301 g/mol. The second-order valence-electron chi connectivity index (χ2n) is 3.93. The third kappa shape index (κ3) is 5.22. The number of hydrogen-bond donors (Lipinski definition) is 3. The Kier molecular flexibility index (Phi) is 5.91. The van der Waals surface area contributed by atoms with Gasteiger partial charge in [0.25, 0.3) is 0 Å². The van der Waals surface area contributed by atoms with E-state index in [-0.39, 0.29) is 19.3 Å². The molecule has 1 amide bonds. The number of esters is 1.